The number of hydrogen-bond donors (Lipinski definition) is 1. The van der Waals surface area contributed by atoms with Gasteiger partial charge in [0.05, 0.1) is 22.8 Å². The lowest BCUT2D eigenvalue weighted by Gasteiger charge is -2.26. The number of rotatable bonds is 3. The number of amides is 1. The fourth-order valence-electron chi connectivity index (χ4n) is 2.89. The molecule has 1 fully saturated rings. The van der Waals surface area contributed by atoms with E-state index >= 15 is 0 Å². The summed E-state index contributed by atoms with van der Waals surface area (Å²) < 4.78 is 14.8. The molecule has 0 atom stereocenters. The van der Waals surface area contributed by atoms with Gasteiger partial charge in [-0.2, -0.15) is 5.10 Å². The molecule has 0 saturated heterocycles. The van der Waals surface area contributed by atoms with Gasteiger partial charge in [-0.3, -0.25) is 9.48 Å². The highest BCUT2D eigenvalue weighted by molar-refractivity contribution is 6.06. The molecule has 1 aliphatic rings. The first-order valence-electron chi connectivity index (χ1n) is 8.01. The second-order valence-corrected chi connectivity index (χ2v) is 6.17. The molecular weight excluding hydrogens is 307 g/mol. The van der Waals surface area contributed by atoms with E-state index in [4.69, 9.17) is 0 Å². The number of pyridine rings is 1. The number of nitrogens with one attached hydrogen (secondary N) is 1. The molecule has 1 aromatic carbocycles. The number of carbonyl (C=O) groups is 1. The van der Waals surface area contributed by atoms with E-state index in [0.717, 1.165) is 30.2 Å². The third-order valence-corrected chi connectivity index (χ3v) is 4.53. The van der Waals surface area contributed by atoms with Gasteiger partial charge in [0.2, 0.25) is 0 Å². The maximum atomic E-state index is 13.2. The van der Waals surface area contributed by atoms with Gasteiger partial charge in [0.25, 0.3) is 5.91 Å². The minimum absolute atomic E-state index is 0.108. The predicted molar refractivity (Wildman–Crippen MR) is 89.0 cm³/mol. The first kappa shape index (κ1) is 14.8. The Balaban J connectivity index is 1.81. The third kappa shape index (κ3) is 2.54. The zero-order valence-corrected chi connectivity index (χ0v) is 13.3. The normalized spacial score (nSPS) is 14.6. The number of aryl methyl sites for hydroxylation is 1. The summed E-state index contributed by atoms with van der Waals surface area (Å²) in [5.74, 6) is -0.410. The van der Waals surface area contributed by atoms with Crippen molar-refractivity contribution in [3.63, 3.8) is 0 Å². The van der Waals surface area contributed by atoms with Crippen LogP contribution >= 0.6 is 0 Å². The minimum Gasteiger partial charge on any atom is -0.349 e. The standard InChI is InChI=1S/C18H17FN4O/c1-23-17-15(10-20-23)14(18(24)21-13-3-2-4-13)9-16(22-17)11-5-7-12(19)8-6-11/h5-10,13H,2-4H2,1H3,(H,21,24). The highest BCUT2D eigenvalue weighted by Crippen LogP contribution is 2.26. The zero-order valence-electron chi connectivity index (χ0n) is 13.3. The minimum atomic E-state index is -0.302. The van der Waals surface area contributed by atoms with Crippen molar-refractivity contribution in [2.24, 2.45) is 7.05 Å². The number of carbonyl (C=O) groups excluding carboxylic acids is 1. The molecule has 4 rings (SSSR count). The molecule has 5 nitrogen and oxygen atoms in total. The van der Waals surface area contributed by atoms with Crippen LogP contribution in [0, 0.1) is 5.82 Å². The highest BCUT2D eigenvalue weighted by Gasteiger charge is 2.22. The summed E-state index contributed by atoms with van der Waals surface area (Å²) in [6.07, 6.45) is 4.87. The van der Waals surface area contributed by atoms with Crippen molar-refractivity contribution in [1.82, 2.24) is 20.1 Å². The summed E-state index contributed by atoms with van der Waals surface area (Å²) in [7, 11) is 1.79. The van der Waals surface area contributed by atoms with Gasteiger partial charge in [-0.05, 0) is 49.6 Å². The second kappa shape index (κ2) is 5.70. The first-order valence-corrected chi connectivity index (χ1v) is 8.01. The van der Waals surface area contributed by atoms with E-state index in [2.05, 4.69) is 15.4 Å². The topological polar surface area (TPSA) is 59.8 Å². The van der Waals surface area contributed by atoms with Crippen molar-refractivity contribution in [3.05, 3.63) is 47.9 Å². The largest absolute Gasteiger partial charge is 0.349 e. The van der Waals surface area contributed by atoms with Gasteiger partial charge in [0.15, 0.2) is 5.65 Å². The average molecular weight is 324 g/mol. The molecule has 0 bridgehead atoms. The SMILES string of the molecule is Cn1ncc2c(C(=O)NC3CCC3)cc(-c3ccc(F)cc3)nc21. The Morgan fingerprint density at radius 1 is 1.29 bits per heavy atom. The van der Waals surface area contributed by atoms with Crippen LogP contribution in [0.3, 0.4) is 0 Å². The van der Waals surface area contributed by atoms with Gasteiger partial charge in [-0.25, -0.2) is 9.37 Å². The van der Waals surface area contributed by atoms with Gasteiger partial charge < -0.3 is 5.32 Å². The number of benzene rings is 1. The van der Waals surface area contributed by atoms with Gasteiger partial charge in [-0.1, -0.05) is 0 Å². The second-order valence-electron chi connectivity index (χ2n) is 6.17. The third-order valence-electron chi connectivity index (χ3n) is 4.53. The maximum Gasteiger partial charge on any atom is 0.252 e. The van der Waals surface area contributed by atoms with Crippen molar-refractivity contribution in [2.45, 2.75) is 25.3 Å². The van der Waals surface area contributed by atoms with E-state index in [9.17, 15) is 9.18 Å². The van der Waals surface area contributed by atoms with Crippen LogP contribution in [0.2, 0.25) is 0 Å². The molecule has 2 heterocycles. The Kier molecular flexibility index (Phi) is 3.52. The average Bonchev–Trinajstić information content (AvgIpc) is 2.92. The zero-order chi connectivity index (χ0) is 16.7. The van der Waals surface area contributed by atoms with Gasteiger partial charge >= 0.3 is 0 Å². The van der Waals surface area contributed by atoms with Crippen LogP contribution in [-0.4, -0.2) is 26.7 Å². The fraction of sp³-hybridized carbons (Fsp3) is 0.278. The summed E-state index contributed by atoms with van der Waals surface area (Å²) in [5, 5.41) is 8.00. The van der Waals surface area contributed by atoms with Gasteiger partial charge in [0.1, 0.15) is 5.82 Å². The monoisotopic (exact) mass is 324 g/mol. The summed E-state index contributed by atoms with van der Waals surface area (Å²) >= 11 is 0. The smallest absolute Gasteiger partial charge is 0.252 e. The van der Waals surface area contributed by atoms with Crippen molar-refractivity contribution in [2.75, 3.05) is 0 Å². The van der Waals surface area contributed by atoms with E-state index in [1.165, 1.54) is 12.1 Å². The summed E-state index contributed by atoms with van der Waals surface area (Å²) in [6.45, 7) is 0. The van der Waals surface area contributed by atoms with E-state index in [1.54, 1.807) is 36.1 Å². The van der Waals surface area contributed by atoms with Crippen LogP contribution in [0.5, 0.6) is 0 Å². The van der Waals surface area contributed by atoms with Crippen LogP contribution in [0.15, 0.2) is 36.5 Å². The fourth-order valence-corrected chi connectivity index (χ4v) is 2.89. The molecule has 0 radical (unpaired) electrons. The molecule has 122 valence electrons. The summed E-state index contributed by atoms with van der Waals surface area (Å²) in [5.41, 5.74) is 2.58. The van der Waals surface area contributed by atoms with Crippen LogP contribution in [-0.2, 0) is 7.05 Å². The lowest BCUT2D eigenvalue weighted by atomic mass is 9.93. The Labute approximate surface area is 138 Å². The van der Waals surface area contributed by atoms with E-state index in [-0.39, 0.29) is 17.8 Å². The van der Waals surface area contributed by atoms with Gasteiger partial charge in [0, 0.05) is 18.7 Å². The van der Waals surface area contributed by atoms with Crippen molar-refractivity contribution < 1.29 is 9.18 Å². The summed E-state index contributed by atoms with van der Waals surface area (Å²) in [6, 6.07) is 8.11. The highest BCUT2D eigenvalue weighted by atomic mass is 19.1. The molecule has 2 aromatic heterocycles. The lowest BCUT2D eigenvalue weighted by molar-refractivity contribution is 0.0918. The summed E-state index contributed by atoms with van der Waals surface area (Å²) in [4.78, 5) is 17.3. The quantitative estimate of drug-likeness (QED) is 0.805. The van der Waals surface area contributed by atoms with Crippen molar-refractivity contribution in [1.29, 1.82) is 0 Å². The maximum absolute atomic E-state index is 13.2. The van der Waals surface area contributed by atoms with E-state index in [0.29, 0.717) is 16.9 Å². The van der Waals surface area contributed by atoms with Crippen molar-refractivity contribution in [3.8, 4) is 11.3 Å². The number of halogens is 1. The number of hydrogen-bond acceptors (Lipinski definition) is 3. The van der Waals surface area contributed by atoms with Crippen LogP contribution < -0.4 is 5.32 Å². The Hall–Kier alpha value is -2.76. The number of fused-ring (bicyclic) bond motifs is 1. The first-order chi connectivity index (χ1) is 11.6. The number of aromatic nitrogens is 3. The van der Waals surface area contributed by atoms with E-state index < -0.39 is 0 Å². The molecule has 1 N–H and O–H groups in total. The van der Waals surface area contributed by atoms with Crippen molar-refractivity contribution >= 4 is 16.9 Å². The van der Waals surface area contributed by atoms with E-state index in [1.807, 2.05) is 0 Å². The molecule has 1 aliphatic carbocycles. The Morgan fingerprint density at radius 3 is 2.71 bits per heavy atom. The molecule has 6 heteroatoms. The molecular formula is C18H17FN4O. The Bertz CT molecular complexity index is 913. The lowest BCUT2D eigenvalue weighted by Crippen LogP contribution is -2.39. The van der Waals surface area contributed by atoms with Crippen LogP contribution in [0.25, 0.3) is 22.3 Å². The molecule has 0 spiro atoms. The van der Waals surface area contributed by atoms with Crippen LogP contribution in [0.4, 0.5) is 4.39 Å². The molecule has 0 aliphatic heterocycles. The van der Waals surface area contributed by atoms with Crippen LogP contribution in [0.1, 0.15) is 29.6 Å². The number of nitrogens with zero attached hydrogens (tertiary/aromatic N) is 3. The molecule has 1 saturated carbocycles. The molecule has 24 heavy (non-hydrogen) atoms. The Morgan fingerprint density at radius 2 is 2.04 bits per heavy atom. The molecule has 0 unspecified atom stereocenters. The molecule has 1 amide bonds. The molecule has 3 aromatic rings. The predicted octanol–water partition coefficient (Wildman–Crippen LogP) is 3.06. The van der Waals surface area contributed by atoms with Gasteiger partial charge in [-0.15, -0.1) is 0 Å².